The molecule has 2 N–H and O–H groups in total. The predicted molar refractivity (Wildman–Crippen MR) is 78.7 cm³/mol. The van der Waals surface area contributed by atoms with Crippen LogP contribution < -0.4 is 5.32 Å². The van der Waals surface area contributed by atoms with Gasteiger partial charge in [-0.05, 0) is 18.1 Å². The molecular formula is C16H20N2O2. The van der Waals surface area contributed by atoms with Crippen LogP contribution in [-0.4, -0.2) is 24.1 Å². The van der Waals surface area contributed by atoms with Crippen molar-refractivity contribution < 1.29 is 9.53 Å². The summed E-state index contributed by atoms with van der Waals surface area (Å²) in [5.74, 6) is -0.0942. The van der Waals surface area contributed by atoms with E-state index in [1.165, 1.54) is 23.8 Å². The number of aromatic nitrogens is 1. The van der Waals surface area contributed by atoms with Crippen molar-refractivity contribution in [1.29, 1.82) is 0 Å². The fourth-order valence-electron chi connectivity index (χ4n) is 3.28. The number of carbonyl (C=O) groups is 1. The van der Waals surface area contributed by atoms with E-state index in [0.717, 1.165) is 11.9 Å². The normalized spacial score (nSPS) is 25.4. The van der Waals surface area contributed by atoms with Crippen molar-refractivity contribution in [2.75, 3.05) is 7.11 Å². The van der Waals surface area contributed by atoms with E-state index in [0.29, 0.717) is 0 Å². The summed E-state index contributed by atoms with van der Waals surface area (Å²) in [5, 5.41) is 4.63. The van der Waals surface area contributed by atoms with E-state index in [2.05, 4.69) is 36.3 Å². The summed E-state index contributed by atoms with van der Waals surface area (Å²) in [6.07, 6.45) is 0.931. The lowest BCUT2D eigenvalue weighted by Gasteiger charge is -2.34. The highest BCUT2D eigenvalue weighted by Gasteiger charge is 2.38. The minimum absolute atomic E-state index is 0.0939. The van der Waals surface area contributed by atoms with Crippen molar-refractivity contribution in [2.45, 2.75) is 38.3 Å². The summed E-state index contributed by atoms with van der Waals surface area (Å²) < 4.78 is 4.94. The summed E-state index contributed by atoms with van der Waals surface area (Å²) in [7, 11) is 1.45. The first-order valence-electron chi connectivity index (χ1n) is 7.11. The van der Waals surface area contributed by atoms with Crippen molar-refractivity contribution in [3.8, 4) is 0 Å². The van der Waals surface area contributed by atoms with E-state index in [9.17, 15) is 4.79 Å². The molecule has 0 saturated carbocycles. The van der Waals surface area contributed by atoms with Gasteiger partial charge in [0.05, 0.1) is 7.11 Å². The molecule has 2 heterocycles. The maximum absolute atomic E-state index is 12.0. The average molecular weight is 272 g/mol. The van der Waals surface area contributed by atoms with E-state index in [1.54, 1.807) is 0 Å². The number of hydrogen-bond donors (Lipinski definition) is 2. The first-order valence-corrected chi connectivity index (χ1v) is 7.11. The third kappa shape index (κ3) is 1.83. The van der Waals surface area contributed by atoms with E-state index in [1.807, 2.05) is 12.1 Å². The number of para-hydroxylation sites is 1. The van der Waals surface area contributed by atoms with Crippen LogP contribution in [0.5, 0.6) is 0 Å². The molecule has 0 saturated heterocycles. The largest absolute Gasteiger partial charge is 0.468 e. The van der Waals surface area contributed by atoms with Crippen LogP contribution in [-0.2, 0) is 9.53 Å². The fraction of sp³-hybridized carbons (Fsp3) is 0.438. The zero-order chi connectivity index (χ0) is 14.3. The van der Waals surface area contributed by atoms with Crippen molar-refractivity contribution in [1.82, 2.24) is 10.3 Å². The van der Waals surface area contributed by atoms with Gasteiger partial charge in [-0.1, -0.05) is 32.0 Å². The number of nitrogens with one attached hydrogen (secondary N) is 2. The highest BCUT2D eigenvalue weighted by molar-refractivity contribution is 5.88. The maximum atomic E-state index is 12.0. The Hall–Kier alpha value is -1.81. The van der Waals surface area contributed by atoms with Crippen molar-refractivity contribution in [2.24, 2.45) is 0 Å². The van der Waals surface area contributed by atoms with E-state index in [-0.39, 0.29) is 24.0 Å². The molecule has 0 aliphatic carbocycles. The summed E-state index contributed by atoms with van der Waals surface area (Å²) >= 11 is 0. The van der Waals surface area contributed by atoms with Gasteiger partial charge in [0.25, 0.3) is 0 Å². The number of methoxy groups -OCH3 is 1. The number of fused-ring (bicyclic) bond motifs is 3. The Morgan fingerprint density at radius 2 is 2.10 bits per heavy atom. The number of rotatable bonds is 2. The Labute approximate surface area is 118 Å². The van der Waals surface area contributed by atoms with E-state index in [4.69, 9.17) is 4.74 Å². The molecule has 1 unspecified atom stereocenters. The predicted octanol–water partition coefficient (Wildman–Crippen LogP) is 2.87. The van der Waals surface area contributed by atoms with Crippen LogP contribution in [0.3, 0.4) is 0 Å². The van der Waals surface area contributed by atoms with Crippen molar-refractivity contribution >= 4 is 16.9 Å². The van der Waals surface area contributed by atoms with E-state index < -0.39 is 0 Å². The van der Waals surface area contributed by atoms with Crippen LogP contribution in [0.15, 0.2) is 24.3 Å². The standard InChI is InChI=1S/C16H20N2O2/c1-4-11-15-13(9(2)14(17-11)16(19)20-3)10-7-5-6-8-12(10)18-15/h5-9,11,14,17-18H,4H2,1-3H3/t9-,11?,14+/m1/s1. The first-order chi connectivity index (χ1) is 9.67. The Kier molecular flexibility index (Phi) is 3.26. The Balaban J connectivity index is 2.17. The summed E-state index contributed by atoms with van der Waals surface area (Å²) in [6, 6.07) is 8.16. The number of hydrogen-bond acceptors (Lipinski definition) is 3. The van der Waals surface area contributed by atoms with Crippen molar-refractivity contribution in [3.05, 3.63) is 35.5 Å². The summed E-state index contributed by atoms with van der Waals surface area (Å²) in [5.41, 5.74) is 3.60. The van der Waals surface area contributed by atoms with Crippen LogP contribution in [0.1, 0.15) is 43.5 Å². The average Bonchev–Trinajstić information content (AvgIpc) is 2.87. The zero-order valence-electron chi connectivity index (χ0n) is 12.1. The van der Waals surface area contributed by atoms with Gasteiger partial charge in [-0.2, -0.15) is 0 Å². The van der Waals surface area contributed by atoms with Crippen LogP contribution in [0, 0.1) is 0 Å². The van der Waals surface area contributed by atoms with Gasteiger partial charge < -0.3 is 9.72 Å². The molecule has 20 heavy (non-hydrogen) atoms. The molecule has 0 amide bonds. The van der Waals surface area contributed by atoms with Crippen LogP contribution in [0.4, 0.5) is 0 Å². The highest BCUT2D eigenvalue weighted by atomic mass is 16.5. The highest BCUT2D eigenvalue weighted by Crippen LogP contribution is 2.39. The molecule has 2 aromatic rings. The molecule has 3 rings (SSSR count). The van der Waals surface area contributed by atoms with Crippen LogP contribution in [0.25, 0.3) is 10.9 Å². The lowest BCUT2D eigenvalue weighted by molar-refractivity contribution is -0.144. The molecular weight excluding hydrogens is 252 g/mol. The van der Waals surface area contributed by atoms with Gasteiger partial charge in [0.2, 0.25) is 0 Å². The molecule has 4 heteroatoms. The number of ether oxygens (including phenoxy) is 1. The lowest BCUT2D eigenvalue weighted by atomic mass is 9.84. The number of benzene rings is 1. The smallest absolute Gasteiger partial charge is 0.323 e. The Morgan fingerprint density at radius 3 is 2.80 bits per heavy atom. The second-order valence-electron chi connectivity index (χ2n) is 5.41. The Morgan fingerprint density at radius 1 is 1.35 bits per heavy atom. The quantitative estimate of drug-likeness (QED) is 0.827. The number of aromatic amines is 1. The second kappa shape index (κ2) is 4.94. The molecule has 1 aromatic carbocycles. The van der Waals surface area contributed by atoms with E-state index >= 15 is 0 Å². The van der Waals surface area contributed by atoms with Gasteiger partial charge in [0.15, 0.2) is 0 Å². The minimum Gasteiger partial charge on any atom is -0.468 e. The topological polar surface area (TPSA) is 54.1 Å². The molecule has 1 aromatic heterocycles. The van der Waals surface area contributed by atoms with Gasteiger partial charge >= 0.3 is 5.97 Å². The molecule has 0 fully saturated rings. The minimum atomic E-state index is -0.281. The van der Waals surface area contributed by atoms with Gasteiger partial charge in [-0.25, -0.2) is 0 Å². The van der Waals surface area contributed by atoms with Gasteiger partial charge in [0.1, 0.15) is 6.04 Å². The maximum Gasteiger partial charge on any atom is 0.323 e. The monoisotopic (exact) mass is 272 g/mol. The summed E-state index contributed by atoms with van der Waals surface area (Å²) in [6.45, 7) is 4.21. The number of esters is 1. The fourth-order valence-corrected chi connectivity index (χ4v) is 3.28. The third-order valence-corrected chi connectivity index (χ3v) is 4.32. The van der Waals surface area contributed by atoms with Gasteiger partial charge in [-0.15, -0.1) is 0 Å². The third-order valence-electron chi connectivity index (χ3n) is 4.32. The Bertz CT molecular complexity index is 647. The molecule has 1 aliphatic rings. The molecule has 0 spiro atoms. The first kappa shape index (κ1) is 13.2. The lowest BCUT2D eigenvalue weighted by Crippen LogP contribution is -2.47. The van der Waals surface area contributed by atoms with Gasteiger partial charge in [-0.3, -0.25) is 10.1 Å². The molecule has 1 aliphatic heterocycles. The number of H-pyrrole nitrogens is 1. The summed E-state index contributed by atoms with van der Waals surface area (Å²) in [4.78, 5) is 15.5. The molecule has 106 valence electrons. The SMILES string of the molecule is CCC1N[C@H](C(=O)OC)[C@H](C)c2c1[nH]c1ccccc21. The van der Waals surface area contributed by atoms with Crippen LogP contribution in [0.2, 0.25) is 0 Å². The molecule has 3 atom stereocenters. The van der Waals surface area contributed by atoms with Crippen LogP contribution >= 0.6 is 0 Å². The number of carbonyl (C=O) groups excluding carboxylic acids is 1. The second-order valence-corrected chi connectivity index (χ2v) is 5.41. The molecule has 4 nitrogen and oxygen atoms in total. The van der Waals surface area contributed by atoms with Crippen molar-refractivity contribution in [3.63, 3.8) is 0 Å². The molecule has 0 radical (unpaired) electrons. The van der Waals surface area contributed by atoms with Gasteiger partial charge in [0, 0.05) is 28.6 Å². The zero-order valence-corrected chi connectivity index (χ0v) is 12.1. The molecule has 0 bridgehead atoms.